The molecule has 2 aromatic rings. The van der Waals surface area contributed by atoms with Crippen molar-refractivity contribution in [3.05, 3.63) is 58.6 Å². The van der Waals surface area contributed by atoms with Crippen LogP contribution in [0.4, 0.5) is 0 Å². The largest absolute Gasteiger partial charge is 0.490 e. The molecular weight excluding hydrogens is 394 g/mol. The molecule has 0 saturated heterocycles. The van der Waals surface area contributed by atoms with Gasteiger partial charge in [0.2, 0.25) is 0 Å². The van der Waals surface area contributed by atoms with E-state index in [1.54, 1.807) is 0 Å². The van der Waals surface area contributed by atoms with Gasteiger partial charge in [0.25, 0.3) is 0 Å². The van der Waals surface area contributed by atoms with E-state index in [0.29, 0.717) is 19.3 Å². The van der Waals surface area contributed by atoms with Crippen molar-refractivity contribution in [2.75, 3.05) is 6.61 Å². The molecule has 0 atom stereocenters. The topological polar surface area (TPSA) is 30.5 Å². The summed E-state index contributed by atoms with van der Waals surface area (Å²) in [4.78, 5) is 0. The molecule has 4 saturated carbocycles. The average Bonchev–Trinajstić information content (AvgIpc) is 2.73. The number of nitrogens with one attached hydrogen (secondary N) is 1. The molecule has 4 fully saturated rings. The Balaban J connectivity index is 1.30. The summed E-state index contributed by atoms with van der Waals surface area (Å²) in [6.07, 6.45) is 7.24. The normalized spacial score (nSPS) is 29.2. The van der Waals surface area contributed by atoms with Crippen LogP contribution in [0.15, 0.2) is 42.5 Å². The van der Waals surface area contributed by atoms with Gasteiger partial charge in [-0.1, -0.05) is 35.9 Å². The van der Waals surface area contributed by atoms with Crippen molar-refractivity contribution in [3.63, 3.8) is 0 Å². The van der Waals surface area contributed by atoms with Crippen molar-refractivity contribution < 1.29 is 9.47 Å². The van der Waals surface area contributed by atoms with E-state index in [-0.39, 0.29) is 0 Å². The third-order valence-corrected chi connectivity index (χ3v) is 7.66. The Labute approximate surface area is 185 Å². The number of hydrogen-bond donors (Lipinski definition) is 1. The van der Waals surface area contributed by atoms with Gasteiger partial charge >= 0.3 is 0 Å². The van der Waals surface area contributed by atoms with Gasteiger partial charge in [-0.05, 0) is 86.5 Å². The van der Waals surface area contributed by atoms with Crippen LogP contribution >= 0.6 is 11.6 Å². The van der Waals surface area contributed by atoms with Gasteiger partial charge in [-0.2, -0.15) is 0 Å². The third-order valence-electron chi connectivity index (χ3n) is 7.41. The molecule has 0 aromatic heterocycles. The quantitative estimate of drug-likeness (QED) is 0.543. The fourth-order valence-electron chi connectivity index (χ4n) is 6.36. The van der Waals surface area contributed by atoms with Crippen LogP contribution in [0.2, 0.25) is 5.02 Å². The van der Waals surface area contributed by atoms with Crippen molar-refractivity contribution in [2.24, 2.45) is 23.7 Å². The highest BCUT2D eigenvalue weighted by Crippen LogP contribution is 2.53. The molecule has 2 aromatic carbocycles. The monoisotopic (exact) mass is 425 g/mol. The first-order chi connectivity index (χ1) is 14.7. The number of benzene rings is 2. The van der Waals surface area contributed by atoms with Crippen LogP contribution in [-0.4, -0.2) is 12.6 Å². The molecule has 0 unspecified atom stereocenters. The van der Waals surface area contributed by atoms with Crippen LogP contribution in [0.25, 0.3) is 0 Å². The van der Waals surface area contributed by atoms with E-state index >= 15 is 0 Å². The molecular formula is C26H32ClNO2. The Bertz CT molecular complexity index is 838. The third kappa shape index (κ3) is 4.20. The van der Waals surface area contributed by atoms with E-state index in [1.165, 1.54) is 37.7 Å². The second-order valence-corrected chi connectivity index (χ2v) is 9.87. The first-order valence-electron chi connectivity index (χ1n) is 11.5. The minimum absolute atomic E-state index is 0.506. The molecule has 0 aliphatic heterocycles. The van der Waals surface area contributed by atoms with Crippen LogP contribution in [-0.2, 0) is 13.2 Å². The predicted molar refractivity (Wildman–Crippen MR) is 121 cm³/mol. The van der Waals surface area contributed by atoms with Crippen LogP contribution < -0.4 is 14.8 Å². The fourth-order valence-corrected chi connectivity index (χ4v) is 6.48. The summed E-state index contributed by atoms with van der Waals surface area (Å²) in [5, 5.41) is 4.69. The summed E-state index contributed by atoms with van der Waals surface area (Å²) < 4.78 is 12.2. The maximum Gasteiger partial charge on any atom is 0.166 e. The zero-order valence-corrected chi connectivity index (χ0v) is 18.5. The Morgan fingerprint density at radius 1 is 0.900 bits per heavy atom. The number of para-hydroxylation sites is 1. The highest BCUT2D eigenvalue weighted by molar-refractivity contribution is 6.30. The van der Waals surface area contributed by atoms with Crippen molar-refractivity contribution >= 4 is 11.6 Å². The second kappa shape index (κ2) is 8.80. The molecule has 4 aliphatic carbocycles. The highest BCUT2D eigenvalue weighted by Gasteiger charge is 2.47. The molecule has 1 N–H and O–H groups in total. The van der Waals surface area contributed by atoms with Gasteiger partial charge < -0.3 is 14.8 Å². The summed E-state index contributed by atoms with van der Waals surface area (Å²) in [5.41, 5.74) is 2.29. The molecule has 30 heavy (non-hydrogen) atoms. The van der Waals surface area contributed by atoms with Crippen molar-refractivity contribution in [1.29, 1.82) is 0 Å². The van der Waals surface area contributed by atoms with Gasteiger partial charge in [-0.15, -0.1) is 0 Å². The zero-order chi connectivity index (χ0) is 20.5. The van der Waals surface area contributed by atoms with Crippen molar-refractivity contribution in [1.82, 2.24) is 5.32 Å². The summed E-state index contributed by atoms with van der Waals surface area (Å²) in [5.74, 6) is 5.45. The fraction of sp³-hybridized carbons (Fsp3) is 0.538. The summed E-state index contributed by atoms with van der Waals surface area (Å²) >= 11 is 6.02. The molecule has 0 amide bonds. The maximum atomic E-state index is 6.30. The Morgan fingerprint density at radius 3 is 2.27 bits per heavy atom. The molecule has 4 aliphatic rings. The van der Waals surface area contributed by atoms with E-state index in [9.17, 15) is 0 Å². The van der Waals surface area contributed by atoms with E-state index < -0.39 is 0 Å². The van der Waals surface area contributed by atoms with Gasteiger partial charge in [0.15, 0.2) is 11.5 Å². The van der Waals surface area contributed by atoms with E-state index in [2.05, 4.69) is 17.4 Å². The van der Waals surface area contributed by atoms with Gasteiger partial charge in [0.05, 0.1) is 6.61 Å². The highest BCUT2D eigenvalue weighted by atomic mass is 35.5. The Kier molecular flexibility index (Phi) is 5.93. The zero-order valence-electron chi connectivity index (χ0n) is 17.8. The second-order valence-electron chi connectivity index (χ2n) is 9.43. The van der Waals surface area contributed by atoms with Crippen molar-refractivity contribution in [3.8, 4) is 11.5 Å². The van der Waals surface area contributed by atoms with Crippen LogP contribution in [0, 0.1) is 23.7 Å². The van der Waals surface area contributed by atoms with Crippen LogP contribution in [0.3, 0.4) is 0 Å². The minimum atomic E-state index is 0.506. The number of hydrogen-bond acceptors (Lipinski definition) is 3. The first kappa shape index (κ1) is 20.2. The summed E-state index contributed by atoms with van der Waals surface area (Å²) in [6.45, 7) is 3.99. The van der Waals surface area contributed by atoms with Crippen molar-refractivity contribution in [2.45, 2.75) is 58.2 Å². The molecule has 0 spiro atoms. The number of halogens is 1. The summed E-state index contributed by atoms with van der Waals surface area (Å²) in [6, 6.07) is 14.8. The minimum Gasteiger partial charge on any atom is -0.490 e. The molecule has 4 heteroatoms. The lowest BCUT2D eigenvalue weighted by Crippen LogP contribution is -2.54. The van der Waals surface area contributed by atoms with Crippen LogP contribution in [0.5, 0.6) is 11.5 Å². The smallest absolute Gasteiger partial charge is 0.166 e. The lowest BCUT2D eigenvalue weighted by atomic mass is 9.54. The number of ether oxygens (including phenoxy) is 2. The molecule has 6 rings (SSSR count). The van der Waals surface area contributed by atoms with Gasteiger partial charge in [-0.3, -0.25) is 0 Å². The Hall–Kier alpha value is -1.71. The summed E-state index contributed by atoms with van der Waals surface area (Å²) in [7, 11) is 0. The number of rotatable bonds is 8. The first-order valence-corrected chi connectivity index (χ1v) is 11.9. The van der Waals surface area contributed by atoms with E-state index in [4.69, 9.17) is 21.1 Å². The maximum absolute atomic E-state index is 6.30. The molecule has 0 radical (unpaired) electrons. The SMILES string of the molecule is CCOc1cccc(CNC2C3CC4CC(C3)CC2C4)c1OCc1ccc(Cl)cc1. The van der Waals surface area contributed by atoms with E-state index in [1.807, 2.05) is 37.3 Å². The standard InChI is InChI=1S/C26H32ClNO2/c1-2-29-24-5-3-4-20(26(24)30-16-17-6-8-23(27)9-7-17)15-28-25-21-11-18-10-19(13-21)14-22(25)12-18/h3-9,18-19,21-22,25,28H,2,10-16H2,1H3. The predicted octanol–water partition coefficient (Wildman–Crippen LogP) is 6.23. The lowest BCUT2D eigenvalue weighted by molar-refractivity contribution is -0.0143. The lowest BCUT2D eigenvalue weighted by Gasteiger charge is -2.54. The molecule has 3 nitrogen and oxygen atoms in total. The van der Waals surface area contributed by atoms with Gasteiger partial charge in [0, 0.05) is 23.2 Å². The van der Waals surface area contributed by atoms with Crippen LogP contribution in [0.1, 0.15) is 50.2 Å². The molecule has 0 heterocycles. The average molecular weight is 426 g/mol. The van der Waals surface area contributed by atoms with Gasteiger partial charge in [-0.25, -0.2) is 0 Å². The molecule has 4 bridgehead atoms. The Morgan fingerprint density at radius 2 is 1.60 bits per heavy atom. The van der Waals surface area contributed by atoms with E-state index in [0.717, 1.165) is 52.3 Å². The van der Waals surface area contributed by atoms with Gasteiger partial charge in [0.1, 0.15) is 6.61 Å². The molecule has 160 valence electrons.